The summed E-state index contributed by atoms with van der Waals surface area (Å²) in [6.07, 6.45) is 2.25. The zero-order valence-corrected chi connectivity index (χ0v) is 15.0. The third-order valence-electron chi connectivity index (χ3n) is 3.92. The monoisotopic (exact) mass is 395 g/mol. The molecule has 0 spiro atoms. The molecule has 0 fully saturated rings. The maximum atomic E-state index is 13.7. The quantitative estimate of drug-likeness (QED) is 0.571. The molecule has 148 valence electrons. The lowest BCUT2D eigenvalue weighted by atomic mass is 10.2. The highest BCUT2D eigenvalue weighted by Gasteiger charge is 2.21. The largest absolute Gasteiger partial charge is 0.459 e. The summed E-state index contributed by atoms with van der Waals surface area (Å²) in [5.74, 6) is -3.98. The van der Waals surface area contributed by atoms with Crippen LogP contribution in [0.5, 0.6) is 0 Å². The summed E-state index contributed by atoms with van der Waals surface area (Å²) in [7, 11) is 0. The lowest BCUT2D eigenvalue weighted by Gasteiger charge is -2.16. The molecule has 1 aromatic carbocycles. The second kappa shape index (κ2) is 8.70. The Bertz CT molecular complexity index is 944. The van der Waals surface area contributed by atoms with E-state index in [4.69, 9.17) is 8.83 Å². The fourth-order valence-electron chi connectivity index (χ4n) is 2.68. The molecule has 1 atom stereocenters. The molecule has 2 N–H and O–H groups in total. The van der Waals surface area contributed by atoms with Gasteiger partial charge >= 0.3 is 0 Å². The van der Waals surface area contributed by atoms with Crippen molar-refractivity contribution >= 4 is 11.6 Å². The summed E-state index contributed by atoms with van der Waals surface area (Å²) in [6, 6.07) is 5.09. The number of carbonyl (C=O) groups excluding carboxylic acids is 1. The first-order valence-electron chi connectivity index (χ1n) is 8.61. The molecule has 3 aromatic rings. The van der Waals surface area contributed by atoms with Gasteiger partial charge in [-0.25, -0.2) is 13.2 Å². The Hall–Kier alpha value is -3.14. The van der Waals surface area contributed by atoms with Crippen molar-refractivity contribution in [2.45, 2.75) is 19.9 Å². The highest BCUT2D eigenvalue weighted by Crippen LogP contribution is 2.19. The van der Waals surface area contributed by atoms with Gasteiger partial charge in [-0.3, -0.25) is 4.79 Å². The van der Waals surface area contributed by atoms with Gasteiger partial charge in [0.2, 0.25) is 0 Å². The number of benzene rings is 1. The van der Waals surface area contributed by atoms with Crippen LogP contribution in [0.3, 0.4) is 0 Å². The number of rotatable bonds is 8. The Balaban J connectivity index is 1.64. The van der Waals surface area contributed by atoms with Crippen LogP contribution in [-0.2, 0) is 11.3 Å². The maximum Gasteiger partial charge on any atom is 0.283 e. The Labute approximate surface area is 158 Å². The molecule has 0 saturated heterocycles. The fraction of sp³-hybridized carbons (Fsp3) is 0.278. The van der Waals surface area contributed by atoms with Gasteiger partial charge < -0.3 is 19.1 Å². The van der Waals surface area contributed by atoms with Crippen LogP contribution in [0.1, 0.15) is 19.2 Å². The number of halogens is 3. The molecule has 28 heavy (non-hydrogen) atoms. The smallest absolute Gasteiger partial charge is 0.283 e. The van der Waals surface area contributed by atoms with Crippen molar-refractivity contribution in [3.8, 4) is 11.7 Å². The third-order valence-corrected chi connectivity index (χ3v) is 3.92. The van der Waals surface area contributed by atoms with Gasteiger partial charge in [0.1, 0.15) is 0 Å². The summed E-state index contributed by atoms with van der Waals surface area (Å²) >= 11 is 0. The number of quaternary nitrogens is 1. The van der Waals surface area contributed by atoms with Crippen LogP contribution < -0.4 is 10.2 Å². The summed E-state index contributed by atoms with van der Waals surface area (Å²) in [5, 5.41) is 10.1. The van der Waals surface area contributed by atoms with Crippen molar-refractivity contribution in [2.75, 3.05) is 18.4 Å². The second-order valence-electron chi connectivity index (χ2n) is 6.10. The van der Waals surface area contributed by atoms with Crippen LogP contribution in [0.2, 0.25) is 0 Å². The van der Waals surface area contributed by atoms with Crippen molar-refractivity contribution in [3.63, 3.8) is 0 Å². The molecule has 7 nitrogen and oxygen atoms in total. The molecule has 0 radical (unpaired) electrons. The van der Waals surface area contributed by atoms with Gasteiger partial charge in [-0.05, 0) is 30.7 Å². The zero-order chi connectivity index (χ0) is 20.1. The number of furan rings is 1. The number of carbonyl (C=O) groups is 1. The molecule has 0 bridgehead atoms. The topological polar surface area (TPSA) is 85.6 Å². The minimum atomic E-state index is -1.63. The number of nitrogens with one attached hydrogen (secondary N) is 2. The average molecular weight is 395 g/mol. The number of hydrogen-bond acceptors (Lipinski definition) is 5. The van der Waals surface area contributed by atoms with Gasteiger partial charge in [0, 0.05) is 0 Å². The number of nitrogens with zero attached hydrogens (tertiary/aromatic N) is 2. The second-order valence-corrected chi connectivity index (χ2v) is 6.10. The highest BCUT2D eigenvalue weighted by molar-refractivity contribution is 5.91. The number of anilines is 1. The normalized spacial score (nSPS) is 12.1. The van der Waals surface area contributed by atoms with E-state index in [9.17, 15) is 18.0 Å². The molecule has 10 heteroatoms. The van der Waals surface area contributed by atoms with Gasteiger partial charge in [0.15, 0.2) is 36.3 Å². The van der Waals surface area contributed by atoms with Crippen molar-refractivity contribution in [3.05, 3.63) is 53.9 Å². The van der Waals surface area contributed by atoms with E-state index in [0.29, 0.717) is 18.2 Å². The van der Waals surface area contributed by atoms with E-state index in [1.165, 1.54) is 6.26 Å². The first kappa shape index (κ1) is 19.6. The van der Waals surface area contributed by atoms with E-state index in [1.807, 2.05) is 6.92 Å². The van der Waals surface area contributed by atoms with Crippen molar-refractivity contribution < 1.29 is 31.7 Å². The first-order chi connectivity index (χ1) is 13.5. The van der Waals surface area contributed by atoms with Crippen LogP contribution in [-0.4, -0.2) is 29.2 Å². The molecule has 0 aliphatic heterocycles. The van der Waals surface area contributed by atoms with E-state index in [1.54, 1.807) is 12.1 Å². The van der Waals surface area contributed by atoms with Crippen LogP contribution in [0.4, 0.5) is 18.9 Å². The van der Waals surface area contributed by atoms with Crippen molar-refractivity contribution in [2.24, 2.45) is 0 Å². The standard InChI is InChI=1S/C18H17F3N4O3/c1-2-7-25(10-15-23-24-18(28-15)13-4-3-8-27-13)9-14(26)22-12-6-5-11(19)16(20)17(12)21/h3-6,8H,2,7,9-10H2,1H3,(H,22,26)/p+1. The Morgan fingerprint density at radius 1 is 1.18 bits per heavy atom. The zero-order valence-electron chi connectivity index (χ0n) is 15.0. The minimum Gasteiger partial charge on any atom is -0.459 e. The Kier molecular flexibility index (Phi) is 6.09. The number of hydrogen-bond donors (Lipinski definition) is 2. The van der Waals surface area contributed by atoms with Gasteiger partial charge in [-0.15, -0.1) is 10.2 Å². The minimum absolute atomic E-state index is 0.0509. The summed E-state index contributed by atoms with van der Waals surface area (Å²) in [6.45, 7) is 2.75. The lowest BCUT2D eigenvalue weighted by Crippen LogP contribution is -3.11. The first-order valence-corrected chi connectivity index (χ1v) is 8.61. The van der Waals surface area contributed by atoms with E-state index < -0.39 is 29.0 Å². The SMILES string of the molecule is CCC[NH+](CC(=O)Nc1ccc(F)c(F)c1F)Cc1nnc(-c2ccco2)o1. The van der Waals surface area contributed by atoms with E-state index in [0.717, 1.165) is 23.5 Å². The van der Waals surface area contributed by atoms with Crippen molar-refractivity contribution in [1.29, 1.82) is 0 Å². The number of amides is 1. The predicted octanol–water partition coefficient (Wildman–Crippen LogP) is 2.18. The number of aromatic nitrogens is 2. The molecule has 1 unspecified atom stereocenters. The molecule has 0 saturated carbocycles. The molecule has 0 aliphatic rings. The highest BCUT2D eigenvalue weighted by atomic mass is 19.2. The molecular formula is C18H18F3N4O3+. The van der Waals surface area contributed by atoms with Gasteiger partial charge in [-0.1, -0.05) is 6.92 Å². The lowest BCUT2D eigenvalue weighted by molar-refractivity contribution is -0.907. The van der Waals surface area contributed by atoms with Crippen molar-refractivity contribution in [1.82, 2.24) is 10.2 Å². The van der Waals surface area contributed by atoms with Gasteiger partial charge in [0.05, 0.1) is 18.5 Å². The molecule has 1 amide bonds. The Morgan fingerprint density at radius 2 is 2.00 bits per heavy atom. The average Bonchev–Trinajstić information content (AvgIpc) is 3.34. The van der Waals surface area contributed by atoms with Gasteiger partial charge in [0.25, 0.3) is 17.7 Å². The van der Waals surface area contributed by atoms with Crippen LogP contribution in [0.15, 0.2) is 39.4 Å². The molecule has 0 aliphatic carbocycles. The summed E-state index contributed by atoms with van der Waals surface area (Å²) in [4.78, 5) is 13.0. The summed E-state index contributed by atoms with van der Waals surface area (Å²) < 4.78 is 50.7. The van der Waals surface area contributed by atoms with Crippen LogP contribution >= 0.6 is 0 Å². The summed E-state index contributed by atoms with van der Waals surface area (Å²) in [5.41, 5.74) is -0.419. The molecule has 3 rings (SSSR count). The molecule has 2 aromatic heterocycles. The predicted molar refractivity (Wildman–Crippen MR) is 91.6 cm³/mol. The molecule has 2 heterocycles. The van der Waals surface area contributed by atoms with E-state index in [2.05, 4.69) is 15.5 Å². The van der Waals surface area contributed by atoms with Crippen LogP contribution in [0, 0.1) is 17.5 Å². The van der Waals surface area contributed by atoms with Crippen LogP contribution in [0.25, 0.3) is 11.7 Å². The third kappa shape index (κ3) is 4.58. The maximum absolute atomic E-state index is 13.7. The Morgan fingerprint density at radius 3 is 2.71 bits per heavy atom. The molecular weight excluding hydrogens is 377 g/mol. The fourth-order valence-corrected chi connectivity index (χ4v) is 2.68. The van der Waals surface area contributed by atoms with Gasteiger partial charge in [-0.2, -0.15) is 0 Å². The van der Waals surface area contributed by atoms with E-state index >= 15 is 0 Å². The van der Waals surface area contributed by atoms with E-state index in [-0.39, 0.29) is 19.0 Å².